The zero-order valence-electron chi connectivity index (χ0n) is 40.1. The number of unbranched alkanes of at least 4 members (excludes halogenated alkanes) is 20. The van der Waals surface area contributed by atoms with E-state index in [-0.39, 0.29) is 36.2 Å². The van der Waals surface area contributed by atoms with Gasteiger partial charge in [-0.25, -0.2) is 4.79 Å². The first kappa shape index (κ1) is 58.0. The topological polar surface area (TPSA) is 99.1 Å². The van der Waals surface area contributed by atoms with E-state index >= 15 is 0 Å². The number of carbonyl (C=O) groups is 3. The quantitative estimate of drug-likeness (QED) is 0.0282. The summed E-state index contributed by atoms with van der Waals surface area (Å²) >= 11 is 0. The van der Waals surface area contributed by atoms with Crippen molar-refractivity contribution in [3.63, 3.8) is 0 Å². The molecule has 0 aliphatic heterocycles. The molecule has 1 N–H and O–H groups in total. The van der Waals surface area contributed by atoms with Crippen LogP contribution in [0.2, 0.25) is 0 Å². The average molecular weight is 857 g/mol. The van der Waals surface area contributed by atoms with E-state index in [2.05, 4.69) is 74.6 Å². The van der Waals surface area contributed by atoms with E-state index in [4.69, 9.17) is 14.2 Å². The number of hydrogen-bond donors (Lipinski definition) is 1. The molecule has 0 amide bonds. The van der Waals surface area contributed by atoms with Gasteiger partial charge in [-0.1, -0.05) is 177 Å². The van der Waals surface area contributed by atoms with Crippen LogP contribution in [0.3, 0.4) is 0 Å². The highest BCUT2D eigenvalue weighted by Crippen LogP contribution is 2.16. The summed E-state index contributed by atoms with van der Waals surface area (Å²) in [5.74, 6) is -1.48. The number of allylic oxidation sites excluding steroid dienone is 10. The monoisotopic (exact) mass is 857 g/mol. The van der Waals surface area contributed by atoms with Gasteiger partial charge in [0.15, 0.2) is 12.1 Å². The number of rotatable bonds is 44. The molecule has 352 valence electrons. The lowest BCUT2D eigenvalue weighted by Gasteiger charge is -2.31. The van der Waals surface area contributed by atoms with Crippen LogP contribution in [-0.2, 0) is 28.6 Å². The summed E-state index contributed by atoms with van der Waals surface area (Å²) in [5, 5.41) is 9.65. The van der Waals surface area contributed by atoms with E-state index < -0.39 is 18.1 Å². The Morgan fingerprint density at radius 3 is 1.28 bits per heavy atom. The van der Waals surface area contributed by atoms with Gasteiger partial charge in [0.2, 0.25) is 0 Å². The van der Waals surface area contributed by atoms with Gasteiger partial charge < -0.3 is 23.8 Å². The van der Waals surface area contributed by atoms with E-state index in [1.165, 1.54) is 89.9 Å². The number of nitrogens with zero attached hydrogens (tertiary/aromatic N) is 1. The maximum absolute atomic E-state index is 12.8. The zero-order valence-corrected chi connectivity index (χ0v) is 40.1. The van der Waals surface area contributed by atoms with Gasteiger partial charge in [0.25, 0.3) is 0 Å². The lowest BCUT2D eigenvalue weighted by Crippen LogP contribution is -2.50. The lowest BCUT2D eigenvalue weighted by molar-refractivity contribution is -0.887. The molecule has 0 heterocycles. The summed E-state index contributed by atoms with van der Waals surface area (Å²) in [6.45, 7) is 4.52. The molecule has 61 heavy (non-hydrogen) atoms. The molecular weight excluding hydrogens is 763 g/mol. The van der Waals surface area contributed by atoms with Crippen LogP contribution in [0.15, 0.2) is 60.8 Å². The summed E-state index contributed by atoms with van der Waals surface area (Å²) < 4.78 is 17.3. The van der Waals surface area contributed by atoms with E-state index in [1.54, 1.807) is 0 Å². The highest BCUT2D eigenvalue weighted by molar-refractivity contribution is 5.72. The van der Waals surface area contributed by atoms with Crippen LogP contribution in [-0.4, -0.2) is 80.6 Å². The van der Waals surface area contributed by atoms with Crippen LogP contribution in [0.1, 0.15) is 206 Å². The molecule has 0 saturated carbocycles. The molecule has 0 aromatic rings. The standard InChI is InChI=1S/C53H93NO7/c1-6-8-10-12-14-16-18-20-22-24-25-26-27-28-30-32-34-36-38-40-42-44-52(56)61-49(47-59-46-45-50(53(57)58)54(3,4)5)48-60-51(55)43-41-39-37-35-33-31-29-23-21-19-17-15-13-11-9-7-2/h8-11,14-17,21,23,49-50H,6-7,12-13,18-20,22,24-48H2,1-5H3/p+1/b10-8+,11-9+,16-14+,17-15+,23-21+. The zero-order chi connectivity index (χ0) is 44.9. The average Bonchev–Trinajstić information content (AvgIpc) is 3.22. The Morgan fingerprint density at radius 1 is 0.492 bits per heavy atom. The minimum absolute atomic E-state index is 0.0560. The molecule has 0 aliphatic carbocycles. The Balaban J connectivity index is 4.25. The number of esters is 2. The molecule has 0 rings (SSSR count). The number of carboxylic acids is 1. The van der Waals surface area contributed by atoms with Gasteiger partial charge in [-0.2, -0.15) is 0 Å². The molecule has 0 bridgehead atoms. The SMILES string of the molecule is CC/C=C/C/C=C/C/C=C/CCCCCCCCC(=O)OCC(COCCC(C(=O)O)[N+](C)(C)C)OC(=O)CCCCCCCCCCCCCCCC/C=C/C/C=C/CC. The molecule has 0 spiro atoms. The first-order chi connectivity index (χ1) is 29.6. The van der Waals surface area contributed by atoms with Gasteiger partial charge in [-0.05, 0) is 70.6 Å². The normalized spacial score (nSPS) is 13.4. The summed E-state index contributed by atoms with van der Waals surface area (Å²) in [5.41, 5.74) is 0. The molecule has 0 fully saturated rings. The second-order valence-corrected chi connectivity index (χ2v) is 17.7. The van der Waals surface area contributed by atoms with Crippen LogP contribution in [0.5, 0.6) is 0 Å². The van der Waals surface area contributed by atoms with Gasteiger partial charge in [-0.3, -0.25) is 9.59 Å². The highest BCUT2D eigenvalue weighted by atomic mass is 16.6. The fraction of sp³-hybridized carbons (Fsp3) is 0.755. The third-order valence-corrected chi connectivity index (χ3v) is 10.9. The molecule has 2 atom stereocenters. The van der Waals surface area contributed by atoms with E-state index in [9.17, 15) is 19.5 Å². The van der Waals surface area contributed by atoms with Crippen LogP contribution in [0, 0.1) is 0 Å². The van der Waals surface area contributed by atoms with Crippen LogP contribution in [0.4, 0.5) is 0 Å². The van der Waals surface area contributed by atoms with Gasteiger partial charge in [0.1, 0.15) is 6.61 Å². The number of quaternary nitrogens is 1. The predicted octanol–water partition coefficient (Wildman–Crippen LogP) is 14.1. The van der Waals surface area contributed by atoms with E-state index in [0.717, 1.165) is 83.5 Å². The second kappa shape index (κ2) is 43.7. The molecule has 0 saturated heterocycles. The third kappa shape index (κ3) is 42.1. The van der Waals surface area contributed by atoms with Crippen LogP contribution >= 0.6 is 0 Å². The van der Waals surface area contributed by atoms with Crippen molar-refractivity contribution in [2.24, 2.45) is 0 Å². The summed E-state index contributed by atoms with van der Waals surface area (Å²) in [6.07, 6.45) is 54.1. The molecule has 0 aromatic heterocycles. The summed E-state index contributed by atoms with van der Waals surface area (Å²) in [6, 6.07) is -0.618. The van der Waals surface area contributed by atoms with Crippen molar-refractivity contribution in [3.8, 4) is 0 Å². The van der Waals surface area contributed by atoms with E-state index in [0.29, 0.717) is 19.3 Å². The molecule has 8 nitrogen and oxygen atoms in total. The van der Waals surface area contributed by atoms with Gasteiger partial charge >= 0.3 is 17.9 Å². The number of ether oxygens (including phenoxy) is 3. The Morgan fingerprint density at radius 2 is 0.869 bits per heavy atom. The van der Waals surface area contributed by atoms with Crippen molar-refractivity contribution >= 4 is 17.9 Å². The fourth-order valence-electron chi connectivity index (χ4n) is 7.14. The summed E-state index contributed by atoms with van der Waals surface area (Å²) in [7, 11) is 5.53. The van der Waals surface area contributed by atoms with E-state index in [1.807, 2.05) is 21.1 Å². The maximum Gasteiger partial charge on any atom is 0.362 e. The Bertz CT molecular complexity index is 1180. The van der Waals surface area contributed by atoms with Gasteiger partial charge in [0.05, 0.1) is 34.4 Å². The molecule has 0 aromatic carbocycles. The molecule has 0 aliphatic rings. The largest absolute Gasteiger partial charge is 0.477 e. The Hall–Kier alpha value is -2.97. The van der Waals surface area contributed by atoms with Crippen LogP contribution in [0.25, 0.3) is 0 Å². The third-order valence-electron chi connectivity index (χ3n) is 10.9. The van der Waals surface area contributed by atoms with Gasteiger partial charge in [-0.15, -0.1) is 0 Å². The van der Waals surface area contributed by atoms with Crippen molar-refractivity contribution < 1.29 is 38.2 Å². The Labute approximate surface area is 375 Å². The number of carbonyl (C=O) groups excluding carboxylic acids is 2. The molecule has 2 unspecified atom stereocenters. The predicted molar refractivity (Wildman–Crippen MR) is 257 cm³/mol. The molecule has 8 heteroatoms. The smallest absolute Gasteiger partial charge is 0.362 e. The van der Waals surface area contributed by atoms with Crippen LogP contribution < -0.4 is 0 Å². The number of hydrogen-bond acceptors (Lipinski definition) is 6. The van der Waals surface area contributed by atoms with Crippen molar-refractivity contribution in [3.05, 3.63) is 60.8 Å². The number of aliphatic carboxylic acids is 1. The summed E-state index contributed by atoms with van der Waals surface area (Å²) in [4.78, 5) is 37.1. The van der Waals surface area contributed by atoms with Crippen molar-refractivity contribution in [2.45, 2.75) is 219 Å². The molecule has 0 radical (unpaired) electrons. The second-order valence-electron chi connectivity index (χ2n) is 17.7. The first-order valence-corrected chi connectivity index (χ1v) is 24.8. The highest BCUT2D eigenvalue weighted by Gasteiger charge is 2.31. The van der Waals surface area contributed by atoms with Crippen molar-refractivity contribution in [1.29, 1.82) is 0 Å². The lowest BCUT2D eigenvalue weighted by atomic mass is 10.0. The van der Waals surface area contributed by atoms with Gasteiger partial charge in [0, 0.05) is 19.3 Å². The van der Waals surface area contributed by atoms with Crippen molar-refractivity contribution in [1.82, 2.24) is 0 Å². The number of likely N-dealkylation sites (N-methyl/N-ethyl adjacent to an activating group) is 1. The fourth-order valence-corrected chi connectivity index (χ4v) is 7.14. The minimum atomic E-state index is -0.877. The maximum atomic E-state index is 12.8. The molecular formula is C53H94NO7+. The Kier molecular flexibility index (Phi) is 41.5. The minimum Gasteiger partial charge on any atom is -0.477 e. The number of carboxylic acid groups (broad SMARTS) is 1. The first-order valence-electron chi connectivity index (χ1n) is 24.8. The van der Waals surface area contributed by atoms with Crippen molar-refractivity contribution in [2.75, 3.05) is 41.0 Å².